The van der Waals surface area contributed by atoms with Crippen molar-refractivity contribution in [2.45, 2.75) is 18.4 Å². The van der Waals surface area contributed by atoms with Gasteiger partial charge in [-0.3, -0.25) is 4.98 Å². The normalized spacial score (nSPS) is 13.1. The molecule has 2 heterocycles. The topological polar surface area (TPSA) is 34.1 Å². The van der Waals surface area contributed by atoms with E-state index >= 15 is 0 Å². The summed E-state index contributed by atoms with van der Waals surface area (Å²) in [5.74, 6) is 2.92. The first-order chi connectivity index (χ1) is 11.3. The first-order valence-corrected chi connectivity index (χ1v) is 8.98. The second-order valence-electron chi connectivity index (χ2n) is 5.50. The quantitative estimate of drug-likeness (QED) is 0.722. The van der Waals surface area contributed by atoms with E-state index in [1.54, 1.807) is 0 Å². The van der Waals surface area contributed by atoms with Gasteiger partial charge in [0.15, 0.2) is 0 Å². The van der Waals surface area contributed by atoms with E-state index in [-0.39, 0.29) is 0 Å². The van der Waals surface area contributed by atoms with Crippen molar-refractivity contribution >= 4 is 34.0 Å². The van der Waals surface area contributed by atoms with E-state index in [0.29, 0.717) is 6.61 Å². The fourth-order valence-electron chi connectivity index (χ4n) is 2.92. The van der Waals surface area contributed by atoms with Crippen LogP contribution in [0.2, 0.25) is 0 Å². The standard InChI is InChI=1S/C19H18N2OS/c1-2-22-14-9-7-13(8-10-14)20-19-15-5-3-4-6-17(15)21-18-12-23-11-16(18)19/h3-10H,2,11-12H2,1H3,(H,20,21). The first-order valence-electron chi connectivity index (χ1n) is 7.83. The van der Waals surface area contributed by atoms with Crippen LogP contribution >= 0.6 is 11.8 Å². The molecule has 4 rings (SSSR count). The Labute approximate surface area is 140 Å². The van der Waals surface area contributed by atoms with Crippen LogP contribution in [-0.4, -0.2) is 11.6 Å². The summed E-state index contributed by atoms with van der Waals surface area (Å²) in [5, 5.41) is 4.79. The lowest BCUT2D eigenvalue weighted by molar-refractivity contribution is 0.340. The molecule has 0 saturated carbocycles. The summed E-state index contributed by atoms with van der Waals surface area (Å²) in [4.78, 5) is 4.82. The Morgan fingerprint density at radius 1 is 1.09 bits per heavy atom. The van der Waals surface area contributed by atoms with Gasteiger partial charge in [-0.05, 0) is 37.3 Å². The number of ether oxygens (including phenoxy) is 1. The van der Waals surface area contributed by atoms with E-state index in [4.69, 9.17) is 9.72 Å². The lowest BCUT2D eigenvalue weighted by atomic mass is 10.1. The number of nitrogens with one attached hydrogen (secondary N) is 1. The third kappa shape index (κ3) is 2.75. The number of fused-ring (bicyclic) bond motifs is 2. The Morgan fingerprint density at radius 3 is 2.74 bits per heavy atom. The van der Waals surface area contributed by atoms with Crippen molar-refractivity contribution in [3.05, 3.63) is 59.8 Å². The third-order valence-corrected chi connectivity index (χ3v) is 4.97. The summed E-state index contributed by atoms with van der Waals surface area (Å²) in [6, 6.07) is 16.5. The molecule has 2 aromatic carbocycles. The molecule has 1 aliphatic rings. The minimum atomic E-state index is 0.687. The van der Waals surface area contributed by atoms with Gasteiger partial charge in [0, 0.05) is 28.1 Å². The van der Waals surface area contributed by atoms with E-state index in [0.717, 1.165) is 28.5 Å². The smallest absolute Gasteiger partial charge is 0.119 e. The lowest BCUT2D eigenvalue weighted by Crippen LogP contribution is -2.00. The van der Waals surface area contributed by atoms with Gasteiger partial charge in [-0.1, -0.05) is 18.2 Å². The molecule has 116 valence electrons. The summed E-state index contributed by atoms with van der Waals surface area (Å²) < 4.78 is 5.51. The SMILES string of the molecule is CCOc1ccc(Nc2c3c(nc4ccccc24)CSC3)cc1. The first kappa shape index (κ1) is 14.4. The number of anilines is 2. The summed E-state index contributed by atoms with van der Waals surface area (Å²) in [6.45, 7) is 2.68. The third-order valence-electron chi connectivity index (χ3n) is 4.00. The molecule has 1 aliphatic heterocycles. The van der Waals surface area contributed by atoms with Crippen LogP contribution in [0.5, 0.6) is 5.75 Å². The minimum Gasteiger partial charge on any atom is -0.494 e. The van der Waals surface area contributed by atoms with E-state index in [1.165, 1.54) is 22.3 Å². The van der Waals surface area contributed by atoms with Crippen LogP contribution in [0.15, 0.2) is 48.5 Å². The second kappa shape index (κ2) is 6.13. The molecular weight excluding hydrogens is 304 g/mol. The number of para-hydroxylation sites is 1. The highest BCUT2D eigenvalue weighted by Gasteiger charge is 2.19. The number of hydrogen-bond acceptors (Lipinski definition) is 4. The number of aromatic nitrogens is 1. The van der Waals surface area contributed by atoms with Crippen molar-refractivity contribution in [1.82, 2.24) is 4.98 Å². The van der Waals surface area contributed by atoms with Gasteiger partial charge in [0.2, 0.25) is 0 Å². The summed E-state index contributed by atoms with van der Waals surface area (Å²) in [5.41, 5.74) is 5.87. The minimum absolute atomic E-state index is 0.687. The van der Waals surface area contributed by atoms with Crippen LogP contribution in [0.1, 0.15) is 18.2 Å². The van der Waals surface area contributed by atoms with Gasteiger partial charge in [-0.2, -0.15) is 11.8 Å². The zero-order valence-corrected chi connectivity index (χ0v) is 13.8. The van der Waals surface area contributed by atoms with Crippen LogP contribution in [0.25, 0.3) is 10.9 Å². The molecule has 1 aromatic heterocycles. The van der Waals surface area contributed by atoms with Gasteiger partial charge in [-0.15, -0.1) is 0 Å². The van der Waals surface area contributed by atoms with Crippen LogP contribution in [0.3, 0.4) is 0 Å². The van der Waals surface area contributed by atoms with Crippen molar-refractivity contribution in [2.24, 2.45) is 0 Å². The summed E-state index contributed by atoms with van der Waals surface area (Å²) in [6.07, 6.45) is 0. The number of hydrogen-bond donors (Lipinski definition) is 1. The van der Waals surface area contributed by atoms with Crippen molar-refractivity contribution in [3.63, 3.8) is 0 Å². The molecule has 0 aliphatic carbocycles. The summed E-state index contributed by atoms with van der Waals surface area (Å²) in [7, 11) is 0. The molecule has 23 heavy (non-hydrogen) atoms. The molecule has 0 spiro atoms. The van der Waals surface area contributed by atoms with Crippen LogP contribution in [0, 0.1) is 0 Å². The van der Waals surface area contributed by atoms with E-state index in [2.05, 4.69) is 35.6 Å². The molecule has 3 nitrogen and oxygen atoms in total. The van der Waals surface area contributed by atoms with Gasteiger partial charge < -0.3 is 10.1 Å². The van der Waals surface area contributed by atoms with Gasteiger partial charge >= 0.3 is 0 Å². The number of benzene rings is 2. The maximum atomic E-state index is 5.51. The fourth-order valence-corrected chi connectivity index (χ4v) is 3.96. The number of thioether (sulfide) groups is 1. The summed E-state index contributed by atoms with van der Waals surface area (Å²) >= 11 is 1.92. The zero-order valence-electron chi connectivity index (χ0n) is 13.0. The highest BCUT2D eigenvalue weighted by molar-refractivity contribution is 7.98. The Morgan fingerprint density at radius 2 is 1.91 bits per heavy atom. The molecule has 3 aromatic rings. The number of rotatable bonds is 4. The molecule has 1 N–H and O–H groups in total. The van der Waals surface area contributed by atoms with Crippen molar-refractivity contribution in [2.75, 3.05) is 11.9 Å². The van der Waals surface area contributed by atoms with Gasteiger partial charge in [0.25, 0.3) is 0 Å². The number of nitrogens with zero attached hydrogens (tertiary/aromatic N) is 1. The average molecular weight is 322 g/mol. The molecule has 0 bridgehead atoms. The molecule has 0 radical (unpaired) electrons. The van der Waals surface area contributed by atoms with Gasteiger partial charge in [0.1, 0.15) is 5.75 Å². The van der Waals surface area contributed by atoms with Crippen molar-refractivity contribution < 1.29 is 4.74 Å². The maximum Gasteiger partial charge on any atom is 0.119 e. The number of pyridine rings is 1. The zero-order chi connectivity index (χ0) is 15.6. The molecule has 0 amide bonds. The molecule has 4 heteroatoms. The molecular formula is C19H18N2OS. The van der Waals surface area contributed by atoms with E-state index < -0.39 is 0 Å². The predicted octanol–water partition coefficient (Wildman–Crippen LogP) is 5.12. The molecule has 0 saturated heterocycles. The largest absolute Gasteiger partial charge is 0.494 e. The van der Waals surface area contributed by atoms with Crippen molar-refractivity contribution in [1.29, 1.82) is 0 Å². The van der Waals surface area contributed by atoms with E-state index in [9.17, 15) is 0 Å². The maximum absolute atomic E-state index is 5.51. The lowest BCUT2D eigenvalue weighted by Gasteiger charge is -2.14. The van der Waals surface area contributed by atoms with Crippen LogP contribution in [-0.2, 0) is 11.5 Å². The fraction of sp³-hybridized carbons (Fsp3) is 0.211. The Hall–Kier alpha value is -2.20. The second-order valence-corrected chi connectivity index (χ2v) is 6.49. The highest BCUT2D eigenvalue weighted by atomic mass is 32.2. The molecule has 0 unspecified atom stereocenters. The van der Waals surface area contributed by atoms with Crippen molar-refractivity contribution in [3.8, 4) is 5.75 Å². The van der Waals surface area contributed by atoms with E-state index in [1.807, 2.05) is 36.9 Å². The Bertz CT molecular complexity index is 846. The Balaban J connectivity index is 1.76. The van der Waals surface area contributed by atoms with Crippen LogP contribution in [0.4, 0.5) is 11.4 Å². The average Bonchev–Trinajstić information content (AvgIpc) is 3.05. The monoisotopic (exact) mass is 322 g/mol. The molecule has 0 fully saturated rings. The highest BCUT2D eigenvalue weighted by Crippen LogP contribution is 2.39. The predicted molar refractivity (Wildman–Crippen MR) is 97.6 cm³/mol. The molecule has 0 atom stereocenters. The van der Waals surface area contributed by atoms with Crippen LogP contribution < -0.4 is 10.1 Å². The van der Waals surface area contributed by atoms with Gasteiger partial charge in [-0.25, -0.2) is 0 Å². The Kier molecular flexibility index (Phi) is 3.83. The van der Waals surface area contributed by atoms with Gasteiger partial charge in [0.05, 0.1) is 23.5 Å².